The molecule has 0 spiro atoms. The van der Waals surface area contributed by atoms with Gasteiger partial charge in [0.1, 0.15) is 5.69 Å². The molecule has 1 aromatic heterocycles. The molecule has 10 heteroatoms. The van der Waals surface area contributed by atoms with Crippen LogP contribution >= 0.6 is 0 Å². The number of ether oxygens (including phenoxy) is 1. The second kappa shape index (κ2) is 7.54. The van der Waals surface area contributed by atoms with Crippen LogP contribution in [0.5, 0.6) is 5.75 Å². The van der Waals surface area contributed by atoms with Crippen molar-refractivity contribution in [3.05, 3.63) is 46.0 Å². The van der Waals surface area contributed by atoms with Gasteiger partial charge >= 0.3 is 6.16 Å². The third-order valence-electron chi connectivity index (χ3n) is 6.76. The molecule has 3 unspecified atom stereocenters. The molecule has 32 heavy (non-hydrogen) atoms. The molecule has 1 saturated heterocycles. The Labute approximate surface area is 181 Å². The van der Waals surface area contributed by atoms with Crippen LogP contribution in [0.2, 0.25) is 0 Å². The van der Waals surface area contributed by atoms with E-state index in [9.17, 15) is 9.59 Å². The average molecular weight is 449 g/mol. The Bertz CT molecular complexity index is 1210. The van der Waals surface area contributed by atoms with E-state index in [1.54, 1.807) is 0 Å². The van der Waals surface area contributed by atoms with E-state index in [-0.39, 0.29) is 29.4 Å². The van der Waals surface area contributed by atoms with Gasteiger partial charge in [0.05, 0.1) is 17.1 Å². The lowest BCUT2D eigenvalue weighted by atomic mass is 9.82. The molecule has 5 rings (SSSR count). The van der Waals surface area contributed by atoms with Gasteiger partial charge in [0.15, 0.2) is 23.2 Å². The molecule has 170 valence electrons. The number of hydrogen-bond donors (Lipinski definition) is 2. The molecule has 2 N–H and O–H groups in total. The summed E-state index contributed by atoms with van der Waals surface area (Å²) in [5.74, 6) is -4.37. The zero-order valence-electron chi connectivity index (χ0n) is 17.3. The van der Waals surface area contributed by atoms with Gasteiger partial charge in [-0.05, 0) is 32.2 Å². The molecule has 2 aliphatic carbocycles. The Morgan fingerprint density at radius 3 is 2.59 bits per heavy atom. The van der Waals surface area contributed by atoms with Crippen molar-refractivity contribution in [1.29, 1.82) is 0 Å². The smallest absolute Gasteiger partial charge is 0.449 e. The molecule has 1 aliphatic heterocycles. The third-order valence-corrected chi connectivity index (χ3v) is 6.76. The second-order valence-electron chi connectivity index (χ2n) is 8.65. The van der Waals surface area contributed by atoms with E-state index in [4.69, 9.17) is 5.11 Å². The summed E-state index contributed by atoms with van der Waals surface area (Å²) in [5.41, 5.74) is -2.04. The highest BCUT2D eigenvalue weighted by Crippen LogP contribution is 2.43. The van der Waals surface area contributed by atoms with Crippen molar-refractivity contribution in [2.24, 2.45) is 11.8 Å². The Hall–Kier alpha value is -3.01. The monoisotopic (exact) mass is 449 g/mol. The number of rotatable bonds is 4. The highest BCUT2D eigenvalue weighted by Gasteiger charge is 2.41. The fourth-order valence-electron chi connectivity index (χ4n) is 5.13. The lowest BCUT2D eigenvalue weighted by Crippen LogP contribution is -2.38. The number of allylic oxidation sites excluding steroid dienone is 1. The maximum absolute atomic E-state index is 15.8. The molecule has 1 saturated carbocycles. The van der Waals surface area contributed by atoms with Crippen molar-refractivity contribution in [3.63, 3.8) is 0 Å². The summed E-state index contributed by atoms with van der Waals surface area (Å²) in [4.78, 5) is 25.2. The third kappa shape index (κ3) is 3.16. The molecule has 2 heterocycles. The van der Waals surface area contributed by atoms with Crippen molar-refractivity contribution >= 4 is 22.7 Å². The largest absolute Gasteiger partial charge is 0.511 e. The Kier molecular flexibility index (Phi) is 4.92. The van der Waals surface area contributed by atoms with Crippen LogP contribution in [0.1, 0.15) is 25.3 Å². The van der Waals surface area contributed by atoms with Gasteiger partial charge in [-0.2, -0.15) is 0 Å². The summed E-state index contributed by atoms with van der Waals surface area (Å²) < 4.78 is 52.1. The zero-order chi connectivity index (χ0) is 22.7. The number of hydrogen-bond acceptors (Lipinski definition) is 5. The van der Waals surface area contributed by atoms with Crippen LogP contribution in [-0.4, -0.2) is 42.0 Å². The minimum atomic E-state index is -1.77. The molecule has 3 atom stereocenters. The molecule has 2 aromatic rings. The standard InChI is InChI=1S/C22H22F3N3O4/c1-26-13-4-2-3-10-7-27(8-12(10)13)20-17(24)16(23)15-19(18(20)25)28(11-5-6-11)9-14(21(15)29)32-22(30)31/h2,4,9-13,26H,3,5-8H2,1H3,(H,30,31). The molecule has 0 radical (unpaired) electrons. The van der Waals surface area contributed by atoms with Crippen LogP contribution < -0.4 is 20.4 Å². The number of anilines is 1. The minimum Gasteiger partial charge on any atom is -0.449 e. The number of aromatic nitrogens is 1. The molecule has 0 bridgehead atoms. The molecule has 3 aliphatic rings. The van der Waals surface area contributed by atoms with E-state index in [1.165, 1.54) is 9.47 Å². The second-order valence-corrected chi connectivity index (χ2v) is 8.65. The lowest BCUT2D eigenvalue weighted by Gasteiger charge is -2.28. The van der Waals surface area contributed by atoms with E-state index < -0.39 is 45.9 Å². The Balaban J connectivity index is 1.69. The number of nitrogens with zero attached hydrogens (tertiary/aromatic N) is 2. The first-order valence-electron chi connectivity index (χ1n) is 10.6. The normalized spacial score (nSPS) is 24.8. The van der Waals surface area contributed by atoms with Crippen LogP contribution in [-0.2, 0) is 0 Å². The van der Waals surface area contributed by atoms with Crippen LogP contribution in [0, 0.1) is 29.3 Å². The lowest BCUT2D eigenvalue weighted by molar-refractivity contribution is 0.143. The number of fused-ring (bicyclic) bond motifs is 2. The number of halogens is 3. The highest BCUT2D eigenvalue weighted by atomic mass is 19.2. The number of likely N-dealkylation sites (N-methyl/N-ethyl adjacent to an activating group) is 1. The first-order chi connectivity index (χ1) is 15.3. The Morgan fingerprint density at radius 2 is 1.94 bits per heavy atom. The predicted molar refractivity (Wildman–Crippen MR) is 111 cm³/mol. The SMILES string of the molecule is CNC1C=CCC2CN(c3c(F)c(F)c4c(=O)c(OC(=O)O)cn(C5CC5)c4c3F)CC21. The van der Waals surface area contributed by atoms with E-state index in [2.05, 4.69) is 10.1 Å². The van der Waals surface area contributed by atoms with Crippen LogP contribution in [0.15, 0.2) is 23.1 Å². The van der Waals surface area contributed by atoms with Crippen molar-refractivity contribution in [2.45, 2.75) is 31.3 Å². The van der Waals surface area contributed by atoms with Crippen molar-refractivity contribution in [1.82, 2.24) is 9.88 Å². The number of carbonyl (C=O) groups is 1. The van der Waals surface area contributed by atoms with Gasteiger partial charge in [-0.3, -0.25) is 4.79 Å². The van der Waals surface area contributed by atoms with E-state index in [0.717, 1.165) is 12.6 Å². The number of pyridine rings is 1. The van der Waals surface area contributed by atoms with Gasteiger partial charge < -0.3 is 24.6 Å². The topological polar surface area (TPSA) is 83.8 Å². The summed E-state index contributed by atoms with van der Waals surface area (Å²) >= 11 is 0. The first-order valence-corrected chi connectivity index (χ1v) is 10.6. The summed E-state index contributed by atoms with van der Waals surface area (Å²) in [6.45, 7) is 0.701. The van der Waals surface area contributed by atoms with Crippen molar-refractivity contribution in [2.75, 3.05) is 25.0 Å². The maximum atomic E-state index is 15.8. The highest BCUT2D eigenvalue weighted by molar-refractivity contribution is 5.86. The van der Waals surface area contributed by atoms with Crippen LogP contribution in [0.25, 0.3) is 10.9 Å². The van der Waals surface area contributed by atoms with Crippen molar-refractivity contribution < 1.29 is 27.8 Å². The molecule has 7 nitrogen and oxygen atoms in total. The van der Waals surface area contributed by atoms with Gasteiger partial charge in [-0.25, -0.2) is 18.0 Å². The van der Waals surface area contributed by atoms with Crippen molar-refractivity contribution in [3.8, 4) is 5.75 Å². The summed E-state index contributed by atoms with van der Waals surface area (Å²) in [6, 6.07) is -0.198. The van der Waals surface area contributed by atoms with Gasteiger partial charge in [0.2, 0.25) is 5.43 Å². The zero-order valence-corrected chi connectivity index (χ0v) is 17.3. The first kappa shape index (κ1) is 20.9. The maximum Gasteiger partial charge on any atom is 0.511 e. The number of carboxylic acid groups (broad SMARTS) is 1. The number of nitrogens with one attached hydrogen (secondary N) is 1. The fraction of sp³-hybridized carbons (Fsp3) is 0.455. The van der Waals surface area contributed by atoms with E-state index in [1.807, 2.05) is 19.2 Å². The fourth-order valence-corrected chi connectivity index (χ4v) is 5.13. The van der Waals surface area contributed by atoms with E-state index in [0.29, 0.717) is 25.9 Å². The number of benzene rings is 1. The van der Waals surface area contributed by atoms with Crippen LogP contribution in [0.3, 0.4) is 0 Å². The molecular formula is C22H22F3N3O4. The van der Waals surface area contributed by atoms with Gasteiger partial charge in [0, 0.05) is 31.1 Å². The molecular weight excluding hydrogens is 427 g/mol. The summed E-state index contributed by atoms with van der Waals surface area (Å²) in [7, 11) is 1.82. The van der Waals surface area contributed by atoms with Gasteiger partial charge in [-0.15, -0.1) is 0 Å². The summed E-state index contributed by atoms with van der Waals surface area (Å²) in [5, 5.41) is 11.3. The predicted octanol–water partition coefficient (Wildman–Crippen LogP) is 3.41. The molecule has 0 amide bonds. The summed E-state index contributed by atoms with van der Waals surface area (Å²) in [6.07, 6.45) is 5.42. The van der Waals surface area contributed by atoms with Crippen LogP contribution in [0.4, 0.5) is 23.7 Å². The quantitative estimate of drug-likeness (QED) is 0.423. The Morgan fingerprint density at radius 1 is 1.19 bits per heavy atom. The van der Waals surface area contributed by atoms with Gasteiger partial charge in [0.25, 0.3) is 0 Å². The van der Waals surface area contributed by atoms with E-state index >= 15 is 13.2 Å². The molecule has 2 fully saturated rings. The van der Waals surface area contributed by atoms with Gasteiger partial charge in [-0.1, -0.05) is 12.2 Å². The average Bonchev–Trinajstić information content (AvgIpc) is 3.51. The minimum absolute atomic E-state index is 0.0514. The molecule has 1 aromatic carbocycles.